The van der Waals surface area contributed by atoms with E-state index in [2.05, 4.69) is 25.4 Å². The van der Waals surface area contributed by atoms with Gasteiger partial charge in [0.25, 0.3) is 5.91 Å². The molecule has 5 heterocycles. The summed E-state index contributed by atoms with van der Waals surface area (Å²) in [7, 11) is 1.54. The fourth-order valence-corrected chi connectivity index (χ4v) is 4.80. The second-order valence-electron chi connectivity index (χ2n) is 8.37. The molecule has 1 amide bonds. The van der Waals surface area contributed by atoms with Gasteiger partial charge >= 0.3 is 0 Å². The Labute approximate surface area is 205 Å². The fourth-order valence-electron chi connectivity index (χ4n) is 4.67. The number of carbonyl (C=O) groups is 1. The summed E-state index contributed by atoms with van der Waals surface area (Å²) < 4.78 is 7.34. The molecule has 1 aliphatic heterocycles. The van der Waals surface area contributed by atoms with Gasteiger partial charge in [-0.15, -0.1) is 10.2 Å². The Hall–Kier alpha value is -4.24. The van der Waals surface area contributed by atoms with Gasteiger partial charge in [0.15, 0.2) is 5.65 Å². The molecular formula is C25H20ClN7O2. The zero-order valence-corrected chi connectivity index (χ0v) is 19.9. The smallest absolute Gasteiger partial charge is 0.263 e. The average molecular weight is 486 g/mol. The van der Waals surface area contributed by atoms with Crippen LogP contribution in [0.25, 0.3) is 16.9 Å². The molecule has 5 aromatic rings. The molecule has 0 spiro atoms. The van der Waals surface area contributed by atoms with Crippen LogP contribution >= 0.6 is 11.6 Å². The molecular weight excluding hydrogens is 466 g/mol. The van der Waals surface area contributed by atoms with Crippen molar-refractivity contribution >= 4 is 28.8 Å². The van der Waals surface area contributed by atoms with Gasteiger partial charge in [0.1, 0.15) is 17.6 Å². The summed E-state index contributed by atoms with van der Waals surface area (Å²) in [6.07, 6.45) is 3.53. The van der Waals surface area contributed by atoms with Crippen LogP contribution < -0.4 is 9.64 Å². The van der Waals surface area contributed by atoms with Crippen molar-refractivity contribution in [3.8, 4) is 17.1 Å². The maximum absolute atomic E-state index is 14.1. The molecule has 6 rings (SSSR count). The highest BCUT2D eigenvalue weighted by atomic mass is 35.5. The van der Waals surface area contributed by atoms with E-state index in [0.717, 1.165) is 28.3 Å². The summed E-state index contributed by atoms with van der Waals surface area (Å²) in [5.41, 5.74) is 5.58. The van der Waals surface area contributed by atoms with E-state index in [1.54, 1.807) is 24.3 Å². The van der Waals surface area contributed by atoms with Crippen molar-refractivity contribution in [1.29, 1.82) is 0 Å². The zero-order valence-electron chi connectivity index (χ0n) is 19.2. The Balaban J connectivity index is 1.58. The molecule has 0 saturated carbocycles. The molecule has 1 aliphatic rings. The monoisotopic (exact) mass is 485 g/mol. The Morgan fingerprint density at radius 1 is 1.11 bits per heavy atom. The summed E-state index contributed by atoms with van der Waals surface area (Å²) >= 11 is 6.17. The van der Waals surface area contributed by atoms with E-state index >= 15 is 0 Å². The SMILES string of the molecule is COc1ncccc1-c1n[nH]c2c1C(=O)N(c1cc(C)c3nnc(C)n3c1)C2c1ccc(Cl)cc1. The Kier molecular flexibility index (Phi) is 4.82. The standard InChI is InChI=1S/C25H20ClN7O2/c1-13-11-17(12-32-14(2)28-31-23(13)32)33-22(15-6-8-16(26)9-7-15)21-19(25(33)34)20(29-30-21)18-5-4-10-27-24(18)35-3/h4-12,22H,1-3H3,(H,29,30). The Bertz CT molecular complexity index is 1610. The van der Waals surface area contributed by atoms with Crippen molar-refractivity contribution in [2.24, 2.45) is 0 Å². The van der Waals surface area contributed by atoms with Gasteiger partial charge in [-0.3, -0.25) is 19.2 Å². The molecule has 0 bridgehead atoms. The number of hydrogen-bond donors (Lipinski definition) is 1. The minimum atomic E-state index is -0.438. The number of fused-ring (bicyclic) bond motifs is 2. The number of anilines is 1. The normalized spacial score (nSPS) is 15.1. The number of aromatic nitrogens is 6. The van der Waals surface area contributed by atoms with Crippen LogP contribution in [0, 0.1) is 13.8 Å². The van der Waals surface area contributed by atoms with Gasteiger partial charge in [0.05, 0.1) is 29.6 Å². The van der Waals surface area contributed by atoms with E-state index in [0.29, 0.717) is 33.4 Å². The number of ether oxygens (including phenoxy) is 1. The lowest BCUT2D eigenvalue weighted by molar-refractivity contribution is 0.0994. The first kappa shape index (κ1) is 21.3. The third-order valence-corrected chi connectivity index (χ3v) is 6.54. The molecule has 1 N–H and O–H groups in total. The van der Waals surface area contributed by atoms with Crippen LogP contribution in [0.2, 0.25) is 5.02 Å². The second kappa shape index (κ2) is 7.92. The highest BCUT2D eigenvalue weighted by molar-refractivity contribution is 6.30. The van der Waals surface area contributed by atoms with E-state index in [1.807, 2.05) is 60.8 Å². The number of benzene rings is 1. The van der Waals surface area contributed by atoms with Gasteiger partial charge in [0, 0.05) is 17.4 Å². The number of rotatable bonds is 4. The predicted molar refractivity (Wildman–Crippen MR) is 131 cm³/mol. The number of carbonyl (C=O) groups excluding carboxylic acids is 1. The lowest BCUT2D eigenvalue weighted by Gasteiger charge is -2.26. The molecule has 1 unspecified atom stereocenters. The lowest BCUT2D eigenvalue weighted by Crippen LogP contribution is -2.29. The van der Waals surface area contributed by atoms with Crippen molar-refractivity contribution in [1.82, 2.24) is 29.8 Å². The quantitative estimate of drug-likeness (QED) is 0.401. The van der Waals surface area contributed by atoms with Crippen molar-refractivity contribution < 1.29 is 9.53 Å². The number of hydrogen-bond acceptors (Lipinski definition) is 6. The van der Waals surface area contributed by atoms with Gasteiger partial charge in [-0.25, -0.2) is 4.98 Å². The van der Waals surface area contributed by atoms with Gasteiger partial charge in [-0.1, -0.05) is 23.7 Å². The first-order valence-corrected chi connectivity index (χ1v) is 11.3. The number of nitrogens with one attached hydrogen (secondary N) is 1. The van der Waals surface area contributed by atoms with Crippen LogP contribution in [-0.4, -0.2) is 42.8 Å². The number of aromatic amines is 1. The van der Waals surface area contributed by atoms with Crippen molar-refractivity contribution in [3.05, 3.63) is 88.1 Å². The largest absolute Gasteiger partial charge is 0.481 e. The molecule has 0 aliphatic carbocycles. The zero-order chi connectivity index (χ0) is 24.3. The number of H-pyrrole nitrogens is 1. The van der Waals surface area contributed by atoms with Crippen LogP contribution in [0.4, 0.5) is 5.69 Å². The van der Waals surface area contributed by atoms with Crippen molar-refractivity contribution in [2.75, 3.05) is 12.0 Å². The molecule has 4 aromatic heterocycles. The van der Waals surface area contributed by atoms with Crippen LogP contribution in [0.3, 0.4) is 0 Å². The molecule has 1 atom stereocenters. The van der Waals surface area contributed by atoms with Crippen LogP contribution in [0.15, 0.2) is 54.9 Å². The summed E-state index contributed by atoms with van der Waals surface area (Å²) in [5, 5.41) is 16.7. The second-order valence-corrected chi connectivity index (χ2v) is 8.81. The molecule has 1 aromatic carbocycles. The van der Waals surface area contributed by atoms with Crippen molar-refractivity contribution in [3.63, 3.8) is 0 Å². The number of methoxy groups -OCH3 is 1. The minimum Gasteiger partial charge on any atom is -0.481 e. The summed E-state index contributed by atoms with van der Waals surface area (Å²) in [4.78, 5) is 20.2. The number of nitrogens with zero attached hydrogens (tertiary/aromatic N) is 6. The third kappa shape index (κ3) is 3.19. The van der Waals surface area contributed by atoms with E-state index in [4.69, 9.17) is 16.3 Å². The van der Waals surface area contributed by atoms with Crippen LogP contribution in [0.5, 0.6) is 5.88 Å². The molecule has 0 saturated heterocycles. The molecule has 0 fully saturated rings. The maximum Gasteiger partial charge on any atom is 0.263 e. The highest BCUT2D eigenvalue weighted by Crippen LogP contribution is 2.45. The van der Waals surface area contributed by atoms with Gasteiger partial charge in [-0.2, -0.15) is 5.10 Å². The topological polar surface area (TPSA) is 101 Å². The van der Waals surface area contributed by atoms with E-state index in [1.165, 1.54) is 0 Å². The average Bonchev–Trinajstić information content (AvgIpc) is 3.54. The summed E-state index contributed by atoms with van der Waals surface area (Å²) in [6.45, 7) is 3.84. The summed E-state index contributed by atoms with van der Waals surface area (Å²) in [6, 6.07) is 12.6. The molecule has 9 nitrogen and oxygen atoms in total. The van der Waals surface area contributed by atoms with Gasteiger partial charge in [-0.05, 0) is 55.3 Å². The highest BCUT2D eigenvalue weighted by Gasteiger charge is 2.43. The fraction of sp³-hybridized carbons (Fsp3) is 0.160. The lowest BCUT2D eigenvalue weighted by atomic mass is 10.0. The molecule has 0 radical (unpaired) electrons. The number of pyridine rings is 2. The first-order valence-electron chi connectivity index (χ1n) is 11.0. The van der Waals surface area contributed by atoms with E-state index in [-0.39, 0.29) is 5.91 Å². The van der Waals surface area contributed by atoms with Crippen LogP contribution in [0.1, 0.15) is 39.0 Å². The first-order chi connectivity index (χ1) is 17.0. The number of halogens is 1. The van der Waals surface area contributed by atoms with E-state index in [9.17, 15) is 4.79 Å². The van der Waals surface area contributed by atoms with Crippen LogP contribution in [-0.2, 0) is 0 Å². The summed E-state index contributed by atoms with van der Waals surface area (Å²) in [5.74, 6) is 0.952. The molecule has 174 valence electrons. The van der Waals surface area contributed by atoms with Crippen molar-refractivity contribution in [2.45, 2.75) is 19.9 Å². The van der Waals surface area contributed by atoms with E-state index < -0.39 is 6.04 Å². The Morgan fingerprint density at radius 3 is 2.69 bits per heavy atom. The third-order valence-electron chi connectivity index (χ3n) is 6.29. The van der Waals surface area contributed by atoms with Gasteiger partial charge in [0.2, 0.25) is 5.88 Å². The molecule has 35 heavy (non-hydrogen) atoms. The minimum absolute atomic E-state index is 0.181. The molecule has 10 heteroatoms. The number of amides is 1. The number of aryl methyl sites for hydroxylation is 2. The van der Waals surface area contributed by atoms with Gasteiger partial charge < -0.3 is 4.74 Å². The predicted octanol–water partition coefficient (Wildman–Crippen LogP) is 4.54. The maximum atomic E-state index is 14.1. The Morgan fingerprint density at radius 2 is 1.91 bits per heavy atom.